The molecule has 4 nitrogen and oxygen atoms in total. The fraction of sp³-hybridized carbons (Fsp3) is 0.250. The fourth-order valence-corrected chi connectivity index (χ4v) is 5.16. The Labute approximate surface area is 148 Å². The summed E-state index contributed by atoms with van der Waals surface area (Å²) in [6, 6.07) is 16.9. The molecule has 1 atom stereocenters. The molecule has 25 heavy (non-hydrogen) atoms. The van der Waals surface area contributed by atoms with Crippen LogP contribution in [0.2, 0.25) is 0 Å². The number of aryl methyl sites for hydroxylation is 1. The van der Waals surface area contributed by atoms with Gasteiger partial charge in [0, 0.05) is 18.1 Å². The average Bonchev–Trinajstić information content (AvgIpc) is 3.12. The van der Waals surface area contributed by atoms with Crippen LogP contribution in [0.15, 0.2) is 65.7 Å². The molecule has 0 amide bonds. The number of para-hydroxylation sites is 1. The number of benzene rings is 2. The maximum absolute atomic E-state index is 13.1. The molecule has 1 aromatic heterocycles. The first-order valence-electron chi connectivity index (χ1n) is 8.49. The van der Waals surface area contributed by atoms with E-state index in [2.05, 4.69) is 11.1 Å². The van der Waals surface area contributed by atoms with Crippen LogP contribution >= 0.6 is 0 Å². The first-order valence-corrected chi connectivity index (χ1v) is 9.93. The van der Waals surface area contributed by atoms with E-state index in [0.29, 0.717) is 11.4 Å². The number of rotatable bonds is 3. The third-order valence-electron chi connectivity index (χ3n) is 4.83. The Bertz CT molecular complexity index is 1010. The zero-order valence-electron chi connectivity index (χ0n) is 14.1. The van der Waals surface area contributed by atoms with E-state index in [-0.39, 0.29) is 6.04 Å². The highest BCUT2D eigenvalue weighted by Crippen LogP contribution is 2.37. The van der Waals surface area contributed by atoms with E-state index in [4.69, 9.17) is 0 Å². The normalized spacial score (nSPS) is 18.7. The van der Waals surface area contributed by atoms with Crippen molar-refractivity contribution in [2.45, 2.75) is 30.7 Å². The van der Waals surface area contributed by atoms with Gasteiger partial charge in [0.25, 0.3) is 0 Å². The topological polar surface area (TPSA) is 50.3 Å². The molecule has 0 aliphatic carbocycles. The summed E-state index contributed by atoms with van der Waals surface area (Å²) in [7, 11) is -3.50. The molecule has 0 saturated carbocycles. The van der Waals surface area contributed by atoms with Crippen LogP contribution in [0.25, 0.3) is 10.9 Å². The number of hydrogen-bond donors (Lipinski definition) is 0. The van der Waals surface area contributed by atoms with Gasteiger partial charge in [0.1, 0.15) is 0 Å². The van der Waals surface area contributed by atoms with Gasteiger partial charge in [-0.25, -0.2) is 8.42 Å². The molecule has 0 N–H and O–H groups in total. The van der Waals surface area contributed by atoms with Gasteiger partial charge >= 0.3 is 0 Å². The maximum atomic E-state index is 13.1. The second-order valence-corrected chi connectivity index (χ2v) is 8.44. The third kappa shape index (κ3) is 2.94. The second-order valence-electron chi connectivity index (χ2n) is 6.55. The van der Waals surface area contributed by atoms with Crippen molar-refractivity contribution in [3.63, 3.8) is 0 Å². The molecule has 2 heterocycles. The van der Waals surface area contributed by atoms with Crippen LogP contribution in [-0.4, -0.2) is 24.3 Å². The quantitative estimate of drug-likeness (QED) is 0.714. The minimum Gasteiger partial charge on any atom is -0.256 e. The number of nitrogens with zero attached hydrogens (tertiary/aromatic N) is 2. The van der Waals surface area contributed by atoms with Crippen molar-refractivity contribution in [3.8, 4) is 0 Å². The largest absolute Gasteiger partial charge is 0.256 e. The Morgan fingerprint density at radius 3 is 2.64 bits per heavy atom. The third-order valence-corrected chi connectivity index (χ3v) is 6.75. The lowest BCUT2D eigenvalue weighted by molar-refractivity contribution is 0.396. The molecule has 1 fully saturated rings. The summed E-state index contributed by atoms with van der Waals surface area (Å²) in [5, 5.41) is 1.04. The Morgan fingerprint density at radius 2 is 1.84 bits per heavy atom. The second kappa shape index (κ2) is 6.24. The molecule has 0 bridgehead atoms. The average molecular weight is 352 g/mol. The molecule has 1 aliphatic rings. The van der Waals surface area contributed by atoms with Crippen molar-refractivity contribution >= 4 is 20.9 Å². The SMILES string of the molecule is Cc1ccc(S(=O)(=O)N2CCCC2c2cnc3ccccc3c2)cc1. The number of sulfonamides is 1. The van der Waals surface area contributed by atoms with Crippen LogP contribution in [-0.2, 0) is 10.0 Å². The van der Waals surface area contributed by atoms with Crippen LogP contribution in [0.1, 0.15) is 30.0 Å². The van der Waals surface area contributed by atoms with Gasteiger partial charge in [-0.2, -0.15) is 4.31 Å². The summed E-state index contributed by atoms with van der Waals surface area (Å²) < 4.78 is 27.8. The molecule has 128 valence electrons. The first kappa shape index (κ1) is 16.2. The molecule has 5 heteroatoms. The molecule has 3 aromatic rings. The highest BCUT2D eigenvalue weighted by atomic mass is 32.2. The minimum absolute atomic E-state index is 0.150. The van der Waals surface area contributed by atoms with Crippen molar-refractivity contribution in [1.82, 2.24) is 9.29 Å². The standard InChI is InChI=1S/C20H20N2O2S/c1-15-8-10-18(11-9-15)25(23,24)22-12-4-7-20(22)17-13-16-5-2-3-6-19(16)21-14-17/h2-3,5-6,8-11,13-14,20H,4,7,12H2,1H3. The van der Waals surface area contributed by atoms with E-state index in [1.807, 2.05) is 49.5 Å². The van der Waals surface area contributed by atoms with Crippen LogP contribution < -0.4 is 0 Å². The number of pyridine rings is 1. The van der Waals surface area contributed by atoms with Gasteiger partial charge in [-0.1, -0.05) is 35.9 Å². The Kier molecular flexibility index (Phi) is 4.06. The van der Waals surface area contributed by atoms with E-state index in [1.54, 1.807) is 16.4 Å². The molecule has 2 aromatic carbocycles. The number of fused-ring (bicyclic) bond motifs is 1. The summed E-state index contributed by atoms with van der Waals surface area (Å²) in [6.45, 7) is 2.50. The predicted octanol–water partition coefficient (Wildman–Crippen LogP) is 4.07. The highest BCUT2D eigenvalue weighted by Gasteiger charge is 2.36. The monoisotopic (exact) mass is 352 g/mol. The van der Waals surface area contributed by atoms with Crippen molar-refractivity contribution < 1.29 is 8.42 Å². The van der Waals surface area contributed by atoms with Gasteiger partial charge in [0.05, 0.1) is 16.5 Å². The minimum atomic E-state index is -3.50. The predicted molar refractivity (Wildman–Crippen MR) is 98.8 cm³/mol. The Balaban J connectivity index is 1.73. The molecule has 1 saturated heterocycles. The zero-order chi connectivity index (χ0) is 17.4. The number of aromatic nitrogens is 1. The van der Waals surface area contributed by atoms with Crippen molar-refractivity contribution in [3.05, 3.63) is 71.9 Å². The van der Waals surface area contributed by atoms with E-state index >= 15 is 0 Å². The molecular formula is C20H20N2O2S. The summed E-state index contributed by atoms with van der Waals surface area (Å²) in [5.74, 6) is 0. The van der Waals surface area contributed by atoms with Crippen molar-refractivity contribution in [1.29, 1.82) is 0 Å². The molecule has 0 spiro atoms. The van der Waals surface area contributed by atoms with Crippen molar-refractivity contribution in [2.24, 2.45) is 0 Å². The number of hydrogen-bond acceptors (Lipinski definition) is 3. The van der Waals surface area contributed by atoms with Crippen LogP contribution in [0, 0.1) is 6.92 Å². The van der Waals surface area contributed by atoms with E-state index < -0.39 is 10.0 Å². The lowest BCUT2D eigenvalue weighted by Gasteiger charge is -2.24. The smallest absolute Gasteiger partial charge is 0.243 e. The lowest BCUT2D eigenvalue weighted by atomic mass is 10.1. The van der Waals surface area contributed by atoms with Gasteiger partial charge < -0.3 is 0 Å². The summed E-state index contributed by atoms with van der Waals surface area (Å²) >= 11 is 0. The van der Waals surface area contributed by atoms with Gasteiger partial charge in [0.2, 0.25) is 10.0 Å². The molecule has 1 unspecified atom stereocenters. The van der Waals surface area contributed by atoms with Gasteiger partial charge in [-0.3, -0.25) is 4.98 Å². The van der Waals surface area contributed by atoms with E-state index in [1.165, 1.54) is 0 Å². The molecule has 1 aliphatic heterocycles. The summed E-state index contributed by atoms with van der Waals surface area (Å²) in [6.07, 6.45) is 3.50. The van der Waals surface area contributed by atoms with Crippen molar-refractivity contribution in [2.75, 3.05) is 6.54 Å². The zero-order valence-corrected chi connectivity index (χ0v) is 14.9. The van der Waals surface area contributed by atoms with Crippen LogP contribution in [0.5, 0.6) is 0 Å². The molecule has 0 radical (unpaired) electrons. The molecule has 4 rings (SSSR count). The Morgan fingerprint density at radius 1 is 1.08 bits per heavy atom. The summed E-state index contributed by atoms with van der Waals surface area (Å²) in [4.78, 5) is 4.87. The van der Waals surface area contributed by atoms with Crippen LogP contribution in [0.4, 0.5) is 0 Å². The van der Waals surface area contributed by atoms with Crippen LogP contribution in [0.3, 0.4) is 0 Å². The lowest BCUT2D eigenvalue weighted by Crippen LogP contribution is -2.30. The molecular weight excluding hydrogens is 332 g/mol. The Hall–Kier alpha value is -2.24. The van der Waals surface area contributed by atoms with Gasteiger partial charge in [0.15, 0.2) is 0 Å². The summed E-state index contributed by atoms with van der Waals surface area (Å²) in [5.41, 5.74) is 2.94. The van der Waals surface area contributed by atoms with Gasteiger partial charge in [-0.15, -0.1) is 0 Å². The van der Waals surface area contributed by atoms with Gasteiger partial charge in [-0.05, 0) is 49.6 Å². The fourth-order valence-electron chi connectivity index (χ4n) is 3.48. The highest BCUT2D eigenvalue weighted by molar-refractivity contribution is 7.89. The first-order chi connectivity index (χ1) is 12.1. The maximum Gasteiger partial charge on any atom is 0.243 e. The van der Waals surface area contributed by atoms with E-state index in [9.17, 15) is 8.42 Å². The van der Waals surface area contributed by atoms with E-state index in [0.717, 1.165) is 34.9 Å².